The number of fused-ring (bicyclic) bond motifs is 1. The Bertz CT molecular complexity index is 1170. The van der Waals surface area contributed by atoms with Crippen LogP contribution in [0, 0.1) is 6.92 Å². The summed E-state index contributed by atoms with van der Waals surface area (Å²) < 4.78 is 47.9. The van der Waals surface area contributed by atoms with Crippen LogP contribution in [0.25, 0.3) is 5.52 Å². The van der Waals surface area contributed by atoms with Crippen molar-refractivity contribution in [2.45, 2.75) is 43.6 Å². The molecule has 3 fully saturated rings. The first-order valence-electron chi connectivity index (χ1n) is 10.0. The molecule has 2 bridgehead atoms. The van der Waals surface area contributed by atoms with E-state index in [0.29, 0.717) is 0 Å². The molecule has 2 aromatic heterocycles. The fraction of sp³-hybridized carbons (Fsp3) is 0.381. The van der Waals surface area contributed by atoms with Gasteiger partial charge in [0.15, 0.2) is 12.4 Å². The molecule has 0 radical (unpaired) electrons. The van der Waals surface area contributed by atoms with Gasteiger partial charge >= 0.3 is 6.36 Å². The lowest BCUT2D eigenvalue weighted by Gasteiger charge is -2.70. The van der Waals surface area contributed by atoms with Crippen LogP contribution in [0.5, 0.6) is 11.5 Å². The highest BCUT2D eigenvalue weighted by Crippen LogP contribution is 2.61. The molecular weight excluding hydrogens is 427 g/mol. The van der Waals surface area contributed by atoms with E-state index in [1.807, 2.05) is 13.0 Å². The van der Waals surface area contributed by atoms with E-state index < -0.39 is 12.1 Å². The number of nitrogens with one attached hydrogen (secondary N) is 2. The Morgan fingerprint density at radius 2 is 1.94 bits per heavy atom. The molecule has 2 heterocycles. The van der Waals surface area contributed by atoms with Gasteiger partial charge in [0.25, 0.3) is 5.91 Å². The van der Waals surface area contributed by atoms with Gasteiger partial charge in [0.1, 0.15) is 17.0 Å². The number of nitrogens with zero attached hydrogens (tertiary/aromatic N) is 3. The van der Waals surface area contributed by atoms with E-state index in [1.54, 1.807) is 16.9 Å². The predicted molar refractivity (Wildman–Crippen MR) is 107 cm³/mol. The van der Waals surface area contributed by atoms with Crippen LogP contribution in [0.2, 0.25) is 0 Å². The summed E-state index contributed by atoms with van der Waals surface area (Å²) in [7, 11) is 0. The molecule has 8 nitrogen and oxygen atoms in total. The number of anilines is 1. The number of amides is 1. The van der Waals surface area contributed by atoms with E-state index in [9.17, 15) is 18.0 Å². The lowest BCUT2D eigenvalue weighted by atomic mass is 9.44. The Balaban J connectivity index is 1.13. The van der Waals surface area contributed by atoms with Crippen LogP contribution in [0.3, 0.4) is 0 Å². The first-order chi connectivity index (χ1) is 15.1. The number of benzene rings is 1. The van der Waals surface area contributed by atoms with Crippen molar-refractivity contribution >= 4 is 17.2 Å². The minimum Gasteiger partial charge on any atom is -0.484 e. The highest BCUT2D eigenvalue weighted by atomic mass is 19.4. The topological polar surface area (TPSA) is 89.8 Å². The van der Waals surface area contributed by atoms with E-state index in [2.05, 4.69) is 25.5 Å². The summed E-state index contributed by atoms with van der Waals surface area (Å²) >= 11 is 0. The summed E-state index contributed by atoms with van der Waals surface area (Å²) in [5.74, 6) is 0.150. The number of ether oxygens (including phenoxy) is 2. The number of rotatable bonds is 7. The standard InChI is InChI=1S/C21H20F3N5O3/c1-13-7-16-18(25-5-6-29(16)28-13)27-20-10-19(11-20,12-20)26-17(30)9-31-14-3-2-4-15(8-14)32-21(22,23)24/h2-8H,9-12H2,1H3,(H,25,27)(H,26,30). The molecule has 0 saturated heterocycles. The maximum absolute atomic E-state index is 12.3. The van der Waals surface area contributed by atoms with Crippen molar-refractivity contribution in [1.82, 2.24) is 19.9 Å². The second-order valence-electron chi connectivity index (χ2n) is 8.47. The Morgan fingerprint density at radius 3 is 2.69 bits per heavy atom. The van der Waals surface area contributed by atoms with Crippen molar-refractivity contribution in [3.8, 4) is 11.5 Å². The smallest absolute Gasteiger partial charge is 0.484 e. The van der Waals surface area contributed by atoms with Crippen molar-refractivity contribution in [3.05, 3.63) is 48.4 Å². The third-order valence-corrected chi connectivity index (χ3v) is 5.74. The molecule has 1 amide bonds. The summed E-state index contributed by atoms with van der Waals surface area (Å²) in [4.78, 5) is 16.7. The van der Waals surface area contributed by atoms with Gasteiger partial charge in [-0.2, -0.15) is 5.10 Å². The summed E-state index contributed by atoms with van der Waals surface area (Å²) in [6.45, 7) is 1.62. The molecule has 0 aliphatic heterocycles. The van der Waals surface area contributed by atoms with Gasteiger partial charge in [0.05, 0.1) is 5.69 Å². The van der Waals surface area contributed by atoms with Crippen LogP contribution in [-0.2, 0) is 4.79 Å². The molecule has 32 heavy (non-hydrogen) atoms. The van der Waals surface area contributed by atoms with Crippen LogP contribution in [0.15, 0.2) is 42.7 Å². The minimum atomic E-state index is -4.79. The van der Waals surface area contributed by atoms with E-state index in [1.165, 1.54) is 12.1 Å². The summed E-state index contributed by atoms with van der Waals surface area (Å²) in [6, 6.07) is 7.04. The van der Waals surface area contributed by atoms with Gasteiger partial charge in [-0.1, -0.05) is 6.07 Å². The van der Waals surface area contributed by atoms with Crippen LogP contribution in [-0.4, -0.2) is 44.6 Å². The van der Waals surface area contributed by atoms with Crippen molar-refractivity contribution in [2.75, 3.05) is 11.9 Å². The van der Waals surface area contributed by atoms with Gasteiger partial charge in [-0.3, -0.25) is 4.79 Å². The molecule has 6 rings (SSSR count). The number of hydrogen-bond donors (Lipinski definition) is 2. The largest absolute Gasteiger partial charge is 0.573 e. The molecule has 0 unspecified atom stereocenters. The van der Waals surface area contributed by atoms with Gasteiger partial charge in [-0.25, -0.2) is 9.50 Å². The first kappa shape index (κ1) is 20.4. The molecule has 2 N–H and O–H groups in total. The molecule has 3 saturated carbocycles. The number of alkyl halides is 3. The monoisotopic (exact) mass is 447 g/mol. The Morgan fingerprint density at radius 1 is 1.19 bits per heavy atom. The predicted octanol–water partition coefficient (Wildman–Crippen LogP) is 3.22. The summed E-state index contributed by atoms with van der Waals surface area (Å²) in [5, 5.41) is 10.9. The van der Waals surface area contributed by atoms with Crippen LogP contribution >= 0.6 is 0 Å². The van der Waals surface area contributed by atoms with Gasteiger partial charge in [-0.15, -0.1) is 13.2 Å². The number of carbonyl (C=O) groups is 1. The Hall–Kier alpha value is -3.50. The van der Waals surface area contributed by atoms with E-state index in [4.69, 9.17) is 4.74 Å². The van der Waals surface area contributed by atoms with Crippen molar-refractivity contribution in [2.24, 2.45) is 0 Å². The van der Waals surface area contributed by atoms with E-state index in [0.717, 1.165) is 48.4 Å². The number of aromatic nitrogens is 3. The fourth-order valence-corrected chi connectivity index (χ4v) is 4.69. The molecular formula is C21H20F3N5O3. The number of carbonyl (C=O) groups excluding carboxylic acids is 1. The molecule has 11 heteroatoms. The average Bonchev–Trinajstić information content (AvgIpc) is 3.04. The molecule has 1 aromatic carbocycles. The van der Waals surface area contributed by atoms with Gasteiger partial charge in [0.2, 0.25) is 0 Å². The van der Waals surface area contributed by atoms with Crippen molar-refractivity contribution in [3.63, 3.8) is 0 Å². The molecule has 0 atom stereocenters. The maximum Gasteiger partial charge on any atom is 0.573 e. The fourth-order valence-electron chi connectivity index (χ4n) is 4.69. The quantitative estimate of drug-likeness (QED) is 0.578. The molecule has 0 spiro atoms. The zero-order valence-electron chi connectivity index (χ0n) is 17.1. The Kier molecular flexibility index (Phi) is 4.47. The first-order valence-corrected chi connectivity index (χ1v) is 10.0. The maximum atomic E-state index is 12.3. The zero-order chi connectivity index (χ0) is 22.6. The number of hydrogen-bond acceptors (Lipinski definition) is 6. The lowest BCUT2D eigenvalue weighted by molar-refractivity contribution is -0.274. The van der Waals surface area contributed by atoms with Crippen LogP contribution in [0.1, 0.15) is 25.0 Å². The molecule has 3 aromatic rings. The molecule has 168 valence electrons. The second-order valence-corrected chi connectivity index (χ2v) is 8.47. The van der Waals surface area contributed by atoms with Crippen molar-refractivity contribution in [1.29, 1.82) is 0 Å². The molecule has 3 aliphatic carbocycles. The SMILES string of the molecule is Cc1cc2c(NC34CC(NC(=O)COc5cccc(OC(F)(F)F)c5)(C3)C4)nccn2n1. The second kappa shape index (κ2) is 7.01. The minimum absolute atomic E-state index is 0.107. The summed E-state index contributed by atoms with van der Waals surface area (Å²) in [6.07, 6.45) is 0.977. The highest BCUT2D eigenvalue weighted by molar-refractivity contribution is 5.79. The van der Waals surface area contributed by atoms with Gasteiger partial charge < -0.3 is 20.1 Å². The summed E-state index contributed by atoms with van der Waals surface area (Å²) in [5.41, 5.74) is 1.41. The van der Waals surface area contributed by atoms with Crippen LogP contribution in [0.4, 0.5) is 19.0 Å². The lowest BCUT2D eigenvalue weighted by Crippen LogP contribution is -2.81. The van der Waals surface area contributed by atoms with Crippen molar-refractivity contribution < 1.29 is 27.4 Å². The van der Waals surface area contributed by atoms with Gasteiger partial charge in [0, 0.05) is 29.5 Å². The van der Waals surface area contributed by atoms with Crippen LogP contribution < -0.4 is 20.1 Å². The normalized spacial score (nSPS) is 23.8. The highest BCUT2D eigenvalue weighted by Gasteiger charge is 2.69. The zero-order valence-corrected chi connectivity index (χ0v) is 17.1. The Labute approximate surface area is 180 Å². The van der Waals surface area contributed by atoms with E-state index >= 15 is 0 Å². The van der Waals surface area contributed by atoms with E-state index in [-0.39, 0.29) is 29.3 Å². The third-order valence-electron chi connectivity index (χ3n) is 5.74. The third kappa shape index (κ3) is 3.90. The average molecular weight is 447 g/mol. The number of halogens is 3. The number of aryl methyl sites for hydroxylation is 1. The van der Waals surface area contributed by atoms with Gasteiger partial charge in [-0.05, 0) is 44.4 Å². The molecule has 3 aliphatic rings.